The number of nitrogens with zero attached hydrogens (tertiary/aromatic N) is 2. The van der Waals surface area contributed by atoms with Crippen LogP contribution < -0.4 is 5.32 Å². The van der Waals surface area contributed by atoms with Crippen molar-refractivity contribution in [2.24, 2.45) is 23.2 Å². The van der Waals surface area contributed by atoms with Crippen LogP contribution >= 0.6 is 0 Å². The second-order valence-corrected chi connectivity index (χ2v) is 8.24. The van der Waals surface area contributed by atoms with Gasteiger partial charge in [0.05, 0.1) is 0 Å². The zero-order valence-electron chi connectivity index (χ0n) is 14.1. The summed E-state index contributed by atoms with van der Waals surface area (Å²) < 4.78 is 0. The fourth-order valence-electron chi connectivity index (χ4n) is 6.14. The predicted octanol–water partition coefficient (Wildman–Crippen LogP) is 2.85. The van der Waals surface area contributed by atoms with Gasteiger partial charge >= 0.3 is 0 Å². The summed E-state index contributed by atoms with van der Waals surface area (Å²) in [5.74, 6) is 3.76. The fourth-order valence-corrected chi connectivity index (χ4v) is 6.14. The van der Waals surface area contributed by atoms with Crippen LogP contribution in [-0.4, -0.2) is 27.1 Å². The first-order valence-corrected chi connectivity index (χ1v) is 9.30. The van der Waals surface area contributed by atoms with Crippen LogP contribution in [0.1, 0.15) is 64.1 Å². The van der Waals surface area contributed by atoms with Crippen molar-refractivity contribution in [1.29, 1.82) is 0 Å². The number of hydrogen-bond acceptors (Lipinski definition) is 3. The summed E-state index contributed by atoms with van der Waals surface area (Å²) in [6.07, 6.45) is 12.1. The molecule has 4 aliphatic carbocycles. The Morgan fingerprint density at radius 1 is 1.30 bits per heavy atom. The Balaban J connectivity index is 1.39. The van der Waals surface area contributed by atoms with E-state index in [1.807, 2.05) is 0 Å². The highest BCUT2D eigenvalue weighted by molar-refractivity contribution is 5.76. The second-order valence-electron chi connectivity index (χ2n) is 8.24. The molecule has 1 unspecified atom stereocenters. The molecule has 23 heavy (non-hydrogen) atoms. The molecular formula is C18H28N4O. The molecule has 4 bridgehead atoms. The van der Waals surface area contributed by atoms with E-state index in [1.54, 1.807) is 0 Å². The average Bonchev–Trinajstić information content (AvgIpc) is 3.02. The Bertz CT molecular complexity index is 518. The van der Waals surface area contributed by atoms with E-state index in [0.29, 0.717) is 24.3 Å². The topological polar surface area (TPSA) is 70.7 Å². The Morgan fingerprint density at radius 3 is 2.48 bits per heavy atom. The zero-order chi connectivity index (χ0) is 15.9. The number of hydrogen-bond donors (Lipinski definition) is 2. The van der Waals surface area contributed by atoms with E-state index in [0.717, 1.165) is 30.0 Å². The lowest BCUT2D eigenvalue weighted by atomic mass is 9.47. The summed E-state index contributed by atoms with van der Waals surface area (Å²) >= 11 is 0. The van der Waals surface area contributed by atoms with Crippen molar-refractivity contribution in [3.63, 3.8) is 0 Å². The van der Waals surface area contributed by atoms with Gasteiger partial charge in [0.1, 0.15) is 12.2 Å². The number of H-pyrrole nitrogens is 1. The van der Waals surface area contributed by atoms with Crippen LogP contribution in [0.15, 0.2) is 6.33 Å². The van der Waals surface area contributed by atoms with E-state index in [9.17, 15) is 4.79 Å². The summed E-state index contributed by atoms with van der Waals surface area (Å²) in [5, 5.41) is 10.0. The third-order valence-corrected chi connectivity index (χ3v) is 6.62. The van der Waals surface area contributed by atoms with Crippen molar-refractivity contribution >= 4 is 5.91 Å². The molecule has 4 fully saturated rings. The smallest absolute Gasteiger partial charge is 0.220 e. The summed E-state index contributed by atoms with van der Waals surface area (Å²) in [5.41, 5.74) is 0.394. The molecule has 0 saturated heterocycles. The Morgan fingerprint density at radius 2 is 1.96 bits per heavy atom. The van der Waals surface area contributed by atoms with E-state index < -0.39 is 0 Å². The lowest BCUT2D eigenvalue weighted by molar-refractivity contribution is -0.126. The third-order valence-electron chi connectivity index (χ3n) is 6.62. The van der Waals surface area contributed by atoms with E-state index in [1.165, 1.54) is 44.9 Å². The van der Waals surface area contributed by atoms with Gasteiger partial charge < -0.3 is 5.32 Å². The van der Waals surface area contributed by atoms with Crippen molar-refractivity contribution in [2.75, 3.05) is 0 Å². The van der Waals surface area contributed by atoms with Gasteiger partial charge in [0.25, 0.3) is 0 Å². The first kappa shape index (κ1) is 15.2. The molecular weight excluding hydrogens is 288 g/mol. The predicted molar refractivity (Wildman–Crippen MR) is 87.5 cm³/mol. The summed E-state index contributed by atoms with van der Waals surface area (Å²) in [6, 6.07) is 0.359. The molecule has 2 N–H and O–H groups in total. The van der Waals surface area contributed by atoms with Gasteiger partial charge in [-0.3, -0.25) is 9.89 Å². The number of rotatable bonds is 6. The van der Waals surface area contributed by atoms with Crippen molar-refractivity contribution in [3.8, 4) is 0 Å². The van der Waals surface area contributed by atoms with Crippen LogP contribution in [0.2, 0.25) is 0 Å². The maximum atomic E-state index is 12.4. The van der Waals surface area contributed by atoms with Crippen LogP contribution in [0, 0.1) is 23.2 Å². The molecule has 1 atom stereocenters. The number of nitrogens with one attached hydrogen (secondary N) is 2. The lowest BCUT2D eigenvalue weighted by Crippen LogP contribution is -2.56. The zero-order valence-corrected chi connectivity index (χ0v) is 14.1. The minimum absolute atomic E-state index is 0.170. The number of aromatic amines is 1. The molecule has 126 valence electrons. The second kappa shape index (κ2) is 5.91. The van der Waals surface area contributed by atoms with Crippen LogP contribution in [0.4, 0.5) is 0 Å². The van der Waals surface area contributed by atoms with Crippen molar-refractivity contribution in [3.05, 3.63) is 12.2 Å². The third kappa shape index (κ3) is 2.90. The van der Waals surface area contributed by atoms with Crippen LogP contribution in [0.5, 0.6) is 0 Å². The Labute approximate surface area is 138 Å². The molecule has 0 spiro atoms. The quantitative estimate of drug-likeness (QED) is 0.848. The molecule has 0 radical (unpaired) electrons. The summed E-state index contributed by atoms with van der Waals surface area (Å²) in [7, 11) is 0. The Hall–Kier alpha value is -1.39. The maximum absolute atomic E-state index is 12.4. The minimum atomic E-state index is 0.170. The van der Waals surface area contributed by atoms with Gasteiger partial charge in [0.2, 0.25) is 5.91 Å². The molecule has 1 heterocycles. The van der Waals surface area contributed by atoms with E-state index in [2.05, 4.69) is 27.4 Å². The monoisotopic (exact) mass is 316 g/mol. The molecule has 0 aromatic carbocycles. The highest BCUT2D eigenvalue weighted by Crippen LogP contribution is 2.61. The number of aryl methyl sites for hydroxylation is 1. The first-order chi connectivity index (χ1) is 11.2. The van der Waals surface area contributed by atoms with Crippen LogP contribution in [0.25, 0.3) is 0 Å². The molecule has 1 aromatic heterocycles. The summed E-state index contributed by atoms with van der Waals surface area (Å²) in [4.78, 5) is 16.5. The number of carbonyl (C=O) groups is 1. The Kier molecular flexibility index (Phi) is 3.90. The molecule has 5 rings (SSSR count). The standard InChI is InChI=1S/C18H28N4O/c1-2-15(21-17(23)4-3-16-19-11-20-22-16)18-8-12-5-13(9-18)7-14(6-12)10-18/h11-15H,2-10H2,1H3,(H,21,23)(H,19,20,22). The first-order valence-electron chi connectivity index (χ1n) is 9.30. The maximum Gasteiger partial charge on any atom is 0.220 e. The minimum Gasteiger partial charge on any atom is -0.353 e. The van der Waals surface area contributed by atoms with Gasteiger partial charge in [-0.25, -0.2) is 4.98 Å². The van der Waals surface area contributed by atoms with Gasteiger partial charge in [-0.1, -0.05) is 6.92 Å². The van der Waals surface area contributed by atoms with Crippen molar-refractivity contribution < 1.29 is 4.79 Å². The summed E-state index contributed by atoms with van der Waals surface area (Å²) in [6.45, 7) is 2.24. The highest BCUT2D eigenvalue weighted by Gasteiger charge is 2.53. The molecule has 4 saturated carbocycles. The molecule has 1 amide bonds. The highest BCUT2D eigenvalue weighted by atomic mass is 16.1. The molecule has 0 aliphatic heterocycles. The van der Waals surface area contributed by atoms with E-state index in [4.69, 9.17) is 0 Å². The van der Waals surface area contributed by atoms with Crippen LogP contribution in [-0.2, 0) is 11.2 Å². The van der Waals surface area contributed by atoms with Gasteiger partial charge in [-0.05, 0) is 68.1 Å². The average molecular weight is 316 g/mol. The number of carbonyl (C=O) groups excluding carboxylic acids is 1. The number of amides is 1. The van der Waals surface area contributed by atoms with Gasteiger partial charge in [-0.15, -0.1) is 0 Å². The normalized spacial score (nSPS) is 36.1. The molecule has 5 nitrogen and oxygen atoms in total. The van der Waals surface area contributed by atoms with Crippen LogP contribution in [0.3, 0.4) is 0 Å². The van der Waals surface area contributed by atoms with Gasteiger partial charge in [-0.2, -0.15) is 5.10 Å². The van der Waals surface area contributed by atoms with Crippen molar-refractivity contribution in [1.82, 2.24) is 20.5 Å². The molecule has 4 aliphatic rings. The lowest BCUT2D eigenvalue weighted by Gasteiger charge is -2.59. The van der Waals surface area contributed by atoms with Gasteiger partial charge in [0, 0.05) is 18.9 Å². The van der Waals surface area contributed by atoms with E-state index >= 15 is 0 Å². The number of aromatic nitrogens is 3. The van der Waals surface area contributed by atoms with Gasteiger partial charge in [0.15, 0.2) is 0 Å². The fraction of sp³-hybridized carbons (Fsp3) is 0.833. The molecule has 5 heteroatoms. The van der Waals surface area contributed by atoms with Crippen molar-refractivity contribution in [2.45, 2.75) is 70.8 Å². The SMILES string of the molecule is CCC(NC(=O)CCc1ncn[nH]1)C12CC3CC(CC(C3)C1)C2. The van der Waals surface area contributed by atoms with E-state index in [-0.39, 0.29) is 5.91 Å². The molecule has 1 aromatic rings. The largest absolute Gasteiger partial charge is 0.353 e.